The van der Waals surface area contributed by atoms with E-state index in [1.54, 1.807) is 18.2 Å². The number of fused-ring (bicyclic) bond motifs is 2. The van der Waals surface area contributed by atoms with E-state index in [1.807, 2.05) is 0 Å². The molecule has 19 heavy (non-hydrogen) atoms. The van der Waals surface area contributed by atoms with Crippen LogP contribution in [0.1, 0.15) is 36.0 Å². The van der Waals surface area contributed by atoms with Gasteiger partial charge in [0.1, 0.15) is 0 Å². The van der Waals surface area contributed by atoms with E-state index in [9.17, 15) is 4.79 Å². The lowest BCUT2D eigenvalue weighted by atomic mass is 9.89. The van der Waals surface area contributed by atoms with Gasteiger partial charge in [0.15, 0.2) is 0 Å². The number of ether oxygens (including phenoxy) is 1. The molecule has 3 rings (SSSR count). The quantitative estimate of drug-likeness (QED) is 0.680. The van der Waals surface area contributed by atoms with Crippen LogP contribution in [-0.4, -0.2) is 12.6 Å². The second-order valence-electron chi connectivity index (χ2n) is 5.73. The van der Waals surface area contributed by atoms with Crippen LogP contribution in [-0.2, 0) is 4.74 Å². The Hall–Kier alpha value is -1.22. The third kappa shape index (κ3) is 2.44. The van der Waals surface area contributed by atoms with E-state index in [0.29, 0.717) is 28.8 Å². The van der Waals surface area contributed by atoms with E-state index >= 15 is 0 Å². The Bertz CT molecular complexity index is 503. The molecule has 2 saturated carbocycles. The molecular weight excluding hydrogens is 262 g/mol. The molecular formula is C15H18ClNO2. The predicted molar refractivity (Wildman–Crippen MR) is 75.1 cm³/mol. The van der Waals surface area contributed by atoms with Gasteiger partial charge in [-0.3, -0.25) is 0 Å². The van der Waals surface area contributed by atoms with Crippen molar-refractivity contribution in [2.75, 3.05) is 12.3 Å². The normalized spacial score (nSPS) is 28.6. The molecule has 2 N–H and O–H groups in total. The number of esters is 1. The number of rotatable bonds is 3. The van der Waals surface area contributed by atoms with E-state index in [4.69, 9.17) is 22.1 Å². The van der Waals surface area contributed by atoms with Gasteiger partial charge in [-0.05, 0) is 49.1 Å². The molecule has 0 amide bonds. The molecule has 0 aromatic heterocycles. The van der Waals surface area contributed by atoms with Gasteiger partial charge < -0.3 is 10.5 Å². The lowest BCUT2D eigenvalue weighted by Crippen LogP contribution is -2.20. The van der Waals surface area contributed by atoms with Crippen LogP contribution in [0.4, 0.5) is 5.69 Å². The van der Waals surface area contributed by atoms with Gasteiger partial charge in [-0.15, -0.1) is 0 Å². The van der Waals surface area contributed by atoms with Crippen molar-refractivity contribution in [1.29, 1.82) is 0 Å². The molecule has 2 fully saturated rings. The highest BCUT2D eigenvalue weighted by Gasteiger charge is 2.39. The first-order valence-electron chi connectivity index (χ1n) is 6.86. The van der Waals surface area contributed by atoms with Crippen molar-refractivity contribution in [3.05, 3.63) is 28.8 Å². The summed E-state index contributed by atoms with van der Waals surface area (Å²) in [5, 5.41) is 0.398. The molecule has 0 radical (unpaired) electrons. The van der Waals surface area contributed by atoms with Crippen LogP contribution in [0.5, 0.6) is 0 Å². The molecule has 0 heterocycles. The molecule has 1 aromatic carbocycles. The molecule has 3 nitrogen and oxygen atoms in total. The molecule has 2 aliphatic rings. The van der Waals surface area contributed by atoms with Gasteiger partial charge in [-0.25, -0.2) is 4.79 Å². The lowest BCUT2D eigenvalue weighted by molar-refractivity contribution is 0.0395. The summed E-state index contributed by atoms with van der Waals surface area (Å²) in [6, 6.07) is 5.04. The smallest absolute Gasteiger partial charge is 0.340 e. The second-order valence-corrected chi connectivity index (χ2v) is 6.14. The van der Waals surface area contributed by atoms with Gasteiger partial charge in [0.25, 0.3) is 0 Å². The Labute approximate surface area is 118 Å². The van der Waals surface area contributed by atoms with Crippen molar-refractivity contribution in [2.24, 2.45) is 17.8 Å². The van der Waals surface area contributed by atoms with Crippen molar-refractivity contribution in [3.8, 4) is 0 Å². The highest BCUT2D eigenvalue weighted by molar-refractivity contribution is 6.33. The molecule has 3 unspecified atom stereocenters. The molecule has 0 aliphatic heterocycles. The zero-order valence-electron chi connectivity index (χ0n) is 10.8. The third-order valence-corrected chi connectivity index (χ3v) is 4.92. The third-order valence-electron chi connectivity index (χ3n) is 4.59. The topological polar surface area (TPSA) is 52.3 Å². The second kappa shape index (κ2) is 5.04. The number of nitrogens with two attached hydrogens (primary N) is 1. The minimum Gasteiger partial charge on any atom is -0.462 e. The van der Waals surface area contributed by atoms with Gasteiger partial charge in [0.05, 0.1) is 22.9 Å². The van der Waals surface area contributed by atoms with Crippen molar-refractivity contribution in [3.63, 3.8) is 0 Å². The number of halogens is 1. The van der Waals surface area contributed by atoms with Crippen LogP contribution in [0, 0.1) is 17.8 Å². The van der Waals surface area contributed by atoms with Gasteiger partial charge >= 0.3 is 5.97 Å². The predicted octanol–water partition coefficient (Wildman–Crippen LogP) is 3.52. The maximum absolute atomic E-state index is 12.0. The Morgan fingerprint density at radius 1 is 1.37 bits per heavy atom. The highest BCUT2D eigenvalue weighted by atomic mass is 35.5. The number of benzene rings is 1. The first kappa shape index (κ1) is 12.8. The van der Waals surface area contributed by atoms with Crippen molar-refractivity contribution in [2.45, 2.75) is 25.7 Å². The number of hydrogen-bond donors (Lipinski definition) is 1. The first-order chi connectivity index (χ1) is 9.15. The van der Waals surface area contributed by atoms with E-state index < -0.39 is 0 Å². The van der Waals surface area contributed by atoms with Crippen LogP contribution in [0.25, 0.3) is 0 Å². The minimum atomic E-state index is -0.359. The van der Waals surface area contributed by atoms with E-state index in [-0.39, 0.29) is 5.97 Å². The number of hydrogen-bond acceptors (Lipinski definition) is 3. The summed E-state index contributed by atoms with van der Waals surface area (Å²) in [6.45, 7) is 0.520. The Morgan fingerprint density at radius 2 is 2.21 bits per heavy atom. The first-order valence-corrected chi connectivity index (χ1v) is 7.24. The van der Waals surface area contributed by atoms with Crippen LogP contribution < -0.4 is 5.73 Å². The van der Waals surface area contributed by atoms with Gasteiger partial charge in [0.2, 0.25) is 0 Å². The zero-order chi connectivity index (χ0) is 13.4. The van der Waals surface area contributed by atoms with Crippen molar-refractivity contribution >= 4 is 23.3 Å². The molecule has 2 bridgehead atoms. The molecule has 3 atom stereocenters. The average Bonchev–Trinajstić information content (AvgIpc) is 3.01. The maximum atomic E-state index is 12.0. The highest BCUT2D eigenvalue weighted by Crippen LogP contribution is 2.48. The van der Waals surface area contributed by atoms with Gasteiger partial charge in [-0.2, -0.15) is 0 Å². The van der Waals surface area contributed by atoms with Crippen LogP contribution in [0.3, 0.4) is 0 Å². The average molecular weight is 280 g/mol. The Morgan fingerprint density at radius 3 is 2.89 bits per heavy atom. The van der Waals surface area contributed by atoms with Gasteiger partial charge in [-0.1, -0.05) is 24.1 Å². The van der Waals surface area contributed by atoms with Crippen molar-refractivity contribution in [1.82, 2.24) is 0 Å². The largest absolute Gasteiger partial charge is 0.462 e. The number of anilines is 1. The number of para-hydroxylation sites is 1. The Kier molecular flexibility index (Phi) is 3.40. The molecule has 102 valence electrons. The summed E-state index contributed by atoms with van der Waals surface area (Å²) in [6.07, 6.45) is 5.19. The number of nitrogen functional groups attached to an aromatic ring is 1. The summed E-state index contributed by atoms with van der Waals surface area (Å²) >= 11 is 5.90. The number of carbonyl (C=O) groups is 1. The number of carbonyl (C=O) groups excluding carboxylic acids is 1. The fourth-order valence-electron chi connectivity index (χ4n) is 3.56. The molecule has 0 spiro atoms. The van der Waals surface area contributed by atoms with Gasteiger partial charge in [0, 0.05) is 0 Å². The van der Waals surface area contributed by atoms with Crippen LogP contribution in [0.2, 0.25) is 5.02 Å². The van der Waals surface area contributed by atoms with E-state index in [0.717, 1.165) is 11.8 Å². The fourth-order valence-corrected chi connectivity index (χ4v) is 3.73. The Balaban J connectivity index is 1.61. The molecule has 4 heteroatoms. The maximum Gasteiger partial charge on any atom is 0.340 e. The molecule has 1 aromatic rings. The summed E-state index contributed by atoms with van der Waals surface area (Å²) in [5.74, 6) is 1.81. The monoisotopic (exact) mass is 279 g/mol. The van der Waals surface area contributed by atoms with E-state index in [1.165, 1.54) is 25.7 Å². The lowest BCUT2D eigenvalue weighted by Gasteiger charge is -2.21. The summed E-state index contributed by atoms with van der Waals surface area (Å²) < 4.78 is 5.42. The summed E-state index contributed by atoms with van der Waals surface area (Å²) in [4.78, 5) is 12.0. The fraction of sp³-hybridized carbons (Fsp3) is 0.533. The standard InChI is InChI=1S/C15H18ClNO2/c16-13-3-1-2-12(14(13)17)15(18)19-8-11-7-9-4-5-10(11)6-9/h1-3,9-11H,4-8,17H2. The van der Waals surface area contributed by atoms with Crippen LogP contribution >= 0.6 is 11.6 Å². The van der Waals surface area contributed by atoms with E-state index in [2.05, 4.69) is 0 Å². The summed E-state index contributed by atoms with van der Waals surface area (Å²) in [5.41, 5.74) is 6.47. The zero-order valence-corrected chi connectivity index (χ0v) is 11.5. The summed E-state index contributed by atoms with van der Waals surface area (Å²) in [7, 11) is 0. The minimum absolute atomic E-state index is 0.308. The molecule has 2 aliphatic carbocycles. The SMILES string of the molecule is Nc1c(Cl)cccc1C(=O)OCC1CC2CCC1C2. The van der Waals surface area contributed by atoms with Crippen molar-refractivity contribution < 1.29 is 9.53 Å². The van der Waals surface area contributed by atoms with Crippen LogP contribution in [0.15, 0.2) is 18.2 Å². The molecule has 0 saturated heterocycles.